The molecule has 0 radical (unpaired) electrons. The van der Waals surface area contributed by atoms with Crippen LogP contribution in [0.2, 0.25) is 0 Å². The highest BCUT2D eigenvalue weighted by atomic mass is 19.3. The fourth-order valence-electron chi connectivity index (χ4n) is 2.85. The van der Waals surface area contributed by atoms with Crippen LogP contribution in [-0.4, -0.2) is 32.1 Å². The molecule has 0 saturated carbocycles. The Morgan fingerprint density at radius 3 is 2.85 bits per heavy atom. The molecule has 0 aliphatic rings. The van der Waals surface area contributed by atoms with Crippen LogP contribution in [0, 0.1) is 6.92 Å². The Bertz CT molecular complexity index is 1160. The van der Waals surface area contributed by atoms with Crippen LogP contribution in [0.4, 0.5) is 14.5 Å². The van der Waals surface area contributed by atoms with E-state index in [1.54, 1.807) is 35.8 Å². The van der Waals surface area contributed by atoms with Gasteiger partial charge in [0.2, 0.25) is 0 Å². The van der Waals surface area contributed by atoms with E-state index in [1.807, 2.05) is 0 Å². The van der Waals surface area contributed by atoms with Crippen molar-refractivity contribution in [3.05, 3.63) is 60.2 Å². The molecular formula is C18H13F2N5O2. The van der Waals surface area contributed by atoms with Gasteiger partial charge >= 0.3 is 6.61 Å². The predicted molar refractivity (Wildman–Crippen MR) is 94.1 cm³/mol. The van der Waals surface area contributed by atoms with Crippen molar-refractivity contribution in [1.82, 2.24) is 19.6 Å². The molecule has 0 fully saturated rings. The summed E-state index contributed by atoms with van der Waals surface area (Å²) in [6.45, 7) is -1.20. The standard InChI is InChI=1S/C18H13F2N5O2/c1-10-12(9-22-15-6-8-23-25(10)15)17(26)24-13-4-5-14(27-18(19)20)11-3-2-7-21-16(11)13/h2-9,18H,1H3,(H,24,26). The van der Waals surface area contributed by atoms with Gasteiger partial charge in [-0.1, -0.05) is 0 Å². The van der Waals surface area contributed by atoms with Crippen molar-refractivity contribution in [2.24, 2.45) is 0 Å². The Balaban J connectivity index is 1.72. The van der Waals surface area contributed by atoms with E-state index in [1.165, 1.54) is 24.5 Å². The van der Waals surface area contributed by atoms with E-state index in [0.717, 1.165) is 0 Å². The number of nitrogens with zero attached hydrogens (tertiary/aromatic N) is 4. The molecule has 0 aliphatic heterocycles. The van der Waals surface area contributed by atoms with Crippen LogP contribution in [0.5, 0.6) is 5.75 Å². The largest absolute Gasteiger partial charge is 0.434 e. The number of hydrogen-bond acceptors (Lipinski definition) is 5. The summed E-state index contributed by atoms with van der Waals surface area (Å²) in [5.41, 5.74) is 2.30. The number of carbonyl (C=O) groups excluding carboxylic acids is 1. The summed E-state index contributed by atoms with van der Waals surface area (Å²) in [5, 5.41) is 7.25. The number of halogens is 2. The van der Waals surface area contributed by atoms with Crippen LogP contribution >= 0.6 is 0 Å². The Morgan fingerprint density at radius 1 is 1.19 bits per heavy atom. The first kappa shape index (κ1) is 16.8. The number of fused-ring (bicyclic) bond motifs is 2. The van der Waals surface area contributed by atoms with Gasteiger partial charge < -0.3 is 10.1 Å². The molecule has 0 unspecified atom stereocenters. The molecule has 1 amide bonds. The zero-order chi connectivity index (χ0) is 19.0. The van der Waals surface area contributed by atoms with Crippen LogP contribution in [0.1, 0.15) is 16.1 Å². The van der Waals surface area contributed by atoms with E-state index >= 15 is 0 Å². The molecule has 0 atom stereocenters. The monoisotopic (exact) mass is 369 g/mol. The number of anilines is 1. The van der Waals surface area contributed by atoms with Crippen LogP contribution in [0.15, 0.2) is 48.9 Å². The van der Waals surface area contributed by atoms with E-state index in [0.29, 0.717) is 33.5 Å². The van der Waals surface area contributed by atoms with E-state index in [-0.39, 0.29) is 5.75 Å². The summed E-state index contributed by atoms with van der Waals surface area (Å²) in [6, 6.07) is 7.77. The molecule has 0 aliphatic carbocycles. The maximum absolute atomic E-state index is 12.7. The number of alkyl halides is 2. The number of nitrogens with one attached hydrogen (secondary N) is 1. The molecule has 3 aromatic heterocycles. The number of rotatable bonds is 4. The van der Waals surface area contributed by atoms with Gasteiger partial charge in [0.05, 0.1) is 28.7 Å². The van der Waals surface area contributed by atoms with Gasteiger partial charge in [-0.05, 0) is 31.2 Å². The summed E-state index contributed by atoms with van der Waals surface area (Å²) < 4.78 is 31.3. The van der Waals surface area contributed by atoms with Gasteiger partial charge in [-0.25, -0.2) is 9.50 Å². The maximum atomic E-state index is 12.7. The van der Waals surface area contributed by atoms with Gasteiger partial charge in [-0.2, -0.15) is 13.9 Å². The van der Waals surface area contributed by atoms with E-state index < -0.39 is 12.5 Å². The molecule has 0 saturated heterocycles. The minimum absolute atomic E-state index is 0.0121. The number of aryl methyl sites for hydroxylation is 1. The predicted octanol–water partition coefficient (Wildman–Crippen LogP) is 3.44. The zero-order valence-electron chi connectivity index (χ0n) is 14.1. The van der Waals surface area contributed by atoms with Crippen LogP contribution in [0.3, 0.4) is 0 Å². The van der Waals surface area contributed by atoms with Crippen molar-refractivity contribution in [1.29, 1.82) is 0 Å². The number of amides is 1. The number of aromatic nitrogens is 4. The van der Waals surface area contributed by atoms with Crippen molar-refractivity contribution in [2.75, 3.05) is 5.32 Å². The molecule has 4 aromatic rings. The Morgan fingerprint density at radius 2 is 2.04 bits per heavy atom. The number of benzene rings is 1. The quantitative estimate of drug-likeness (QED) is 0.596. The topological polar surface area (TPSA) is 81.4 Å². The van der Waals surface area contributed by atoms with Crippen molar-refractivity contribution in [3.8, 4) is 5.75 Å². The molecule has 27 heavy (non-hydrogen) atoms. The molecule has 136 valence electrons. The third-order valence-electron chi connectivity index (χ3n) is 4.09. The smallest absolute Gasteiger partial charge is 0.387 e. The van der Waals surface area contributed by atoms with Gasteiger partial charge in [-0.15, -0.1) is 0 Å². The average Bonchev–Trinajstić information content (AvgIpc) is 3.13. The van der Waals surface area contributed by atoms with Crippen molar-refractivity contribution >= 4 is 28.1 Å². The lowest BCUT2D eigenvalue weighted by molar-refractivity contribution is -0.0488. The van der Waals surface area contributed by atoms with Gasteiger partial charge in [-0.3, -0.25) is 9.78 Å². The van der Waals surface area contributed by atoms with Gasteiger partial charge in [0, 0.05) is 23.8 Å². The molecule has 9 heteroatoms. The minimum Gasteiger partial charge on any atom is -0.434 e. The summed E-state index contributed by atoms with van der Waals surface area (Å²) in [7, 11) is 0. The normalized spacial score (nSPS) is 11.3. The van der Waals surface area contributed by atoms with Gasteiger partial charge in [0.25, 0.3) is 5.91 Å². The Hall–Kier alpha value is -3.62. The summed E-state index contributed by atoms with van der Waals surface area (Å²) in [4.78, 5) is 21.1. The molecule has 7 nitrogen and oxygen atoms in total. The fourth-order valence-corrected chi connectivity index (χ4v) is 2.85. The third kappa shape index (κ3) is 3.03. The lowest BCUT2D eigenvalue weighted by atomic mass is 10.1. The Kier molecular flexibility index (Phi) is 4.11. The number of hydrogen-bond donors (Lipinski definition) is 1. The highest BCUT2D eigenvalue weighted by molar-refractivity contribution is 6.09. The SMILES string of the molecule is Cc1c(C(=O)Nc2ccc(OC(F)F)c3cccnc23)cnc2ccnn12. The lowest BCUT2D eigenvalue weighted by Gasteiger charge is -2.13. The van der Waals surface area contributed by atoms with E-state index in [4.69, 9.17) is 0 Å². The third-order valence-corrected chi connectivity index (χ3v) is 4.09. The second kappa shape index (κ2) is 6.60. The molecule has 0 spiro atoms. The van der Waals surface area contributed by atoms with E-state index in [9.17, 15) is 13.6 Å². The molecular weight excluding hydrogens is 356 g/mol. The van der Waals surface area contributed by atoms with Crippen molar-refractivity contribution in [3.63, 3.8) is 0 Å². The number of pyridine rings is 1. The molecule has 4 rings (SSSR count). The summed E-state index contributed by atoms with van der Waals surface area (Å²) >= 11 is 0. The maximum Gasteiger partial charge on any atom is 0.387 e. The lowest BCUT2D eigenvalue weighted by Crippen LogP contribution is -2.16. The van der Waals surface area contributed by atoms with Gasteiger partial charge in [0.1, 0.15) is 5.75 Å². The van der Waals surface area contributed by atoms with Gasteiger partial charge in [0.15, 0.2) is 5.65 Å². The number of carbonyl (C=O) groups is 1. The number of ether oxygens (including phenoxy) is 1. The highest BCUT2D eigenvalue weighted by Gasteiger charge is 2.17. The van der Waals surface area contributed by atoms with Crippen LogP contribution < -0.4 is 10.1 Å². The second-order valence-corrected chi connectivity index (χ2v) is 5.70. The fraction of sp³-hybridized carbons (Fsp3) is 0.111. The van der Waals surface area contributed by atoms with E-state index in [2.05, 4.69) is 25.1 Å². The first-order valence-electron chi connectivity index (χ1n) is 7.98. The van der Waals surface area contributed by atoms with Crippen molar-refractivity contribution < 1.29 is 18.3 Å². The molecule has 1 N–H and O–H groups in total. The van der Waals surface area contributed by atoms with Crippen molar-refractivity contribution in [2.45, 2.75) is 13.5 Å². The zero-order valence-corrected chi connectivity index (χ0v) is 14.1. The molecule has 1 aromatic carbocycles. The molecule has 0 bridgehead atoms. The van der Waals surface area contributed by atoms with Crippen LogP contribution in [0.25, 0.3) is 16.6 Å². The average molecular weight is 369 g/mol. The first-order chi connectivity index (χ1) is 13.0. The molecule has 3 heterocycles. The Labute approximate surface area is 151 Å². The second-order valence-electron chi connectivity index (χ2n) is 5.70. The highest BCUT2D eigenvalue weighted by Crippen LogP contribution is 2.31. The first-order valence-corrected chi connectivity index (χ1v) is 7.98. The summed E-state index contributed by atoms with van der Waals surface area (Å²) in [6.07, 6.45) is 4.56. The van der Waals surface area contributed by atoms with Crippen LogP contribution in [-0.2, 0) is 0 Å². The summed E-state index contributed by atoms with van der Waals surface area (Å²) in [5.74, 6) is -0.422. The minimum atomic E-state index is -2.96.